The van der Waals surface area contributed by atoms with Crippen molar-refractivity contribution in [3.05, 3.63) is 59.2 Å². The molecule has 31 heavy (non-hydrogen) atoms. The summed E-state index contributed by atoms with van der Waals surface area (Å²) in [6.45, 7) is 4.26. The third-order valence-corrected chi connectivity index (χ3v) is 7.61. The zero-order valence-corrected chi connectivity index (χ0v) is 19.6. The summed E-state index contributed by atoms with van der Waals surface area (Å²) in [6.07, 6.45) is 4.63. The van der Waals surface area contributed by atoms with Crippen LogP contribution in [0, 0.1) is 13.8 Å². The van der Waals surface area contributed by atoms with E-state index in [2.05, 4.69) is 67.0 Å². The maximum Gasteiger partial charge on any atom is 0.254 e. The van der Waals surface area contributed by atoms with E-state index in [1.165, 1.54) is 24.0 Å². The van der Waals surface area contributed by atoms with Gasteiger partial charge in [0.1, 0.15) is 0 Å². The highest BCUT2D eigenvalue weighted by molar-refractivity contribution is 6.14. The van der Waals surface area contributed by atoms with Gasteiger partial charge in [0.2, 0.25) is 0 Å². The second-order valence-electron chi connectivity index (χ2n) is 9.24. The molecule has 5 rings (SSSR count). The molecule has 1 N–H and O–H groups in total. The van der Waals surface area contributed by atoms with Gasteiger partial charge < -0.3 is 14.8 Å². The zero-order valence-electron chi connectivity index (χ0n) is 18.8. The molecule has 1 amide bonds. The second-order valence-corrected chi connectivity index (χ2v) is 9.24. The zero-order chi connectivity index (χ0) is 21.0. The Balaban J connectivity index is 0.00000231. The first-order chi connectivity index (χ1) is 14.5. The predicted molar refractivity (Wildman–Crippen MR) is 130 cm³/mol. The fourth-order valence-electron chi connectivity index (χ4n) is 5.75. The van der Waals surface area contributed by atoms with Gasteiger partial charge in [-0.1, -0.05) is 36.4 Å². The normalized spacial score (nSPS) is 23.0. The lowest BCUT2D eigenvalue weighted by molar-refractivity contribution is 0.0884. The molecule has 2 bridgehead atoms. The SMILES string of the molecule is Cc1ccc2c(c1C)c(C(=O)NC1C[C@H]3CC[C@@H](C1)N3C)c(-c1ccccc1)n2C.Cl. The van der Waals surface area contributed by atoms with E-state index in [9.17, 15) is 4.79 Å². The van der Waals surface area contributed by atoms with Crippen LogP contribution >= 0.6 is 12.4 Å². The lowest BCUT2D eigenvalue weighted by atomic mass is 9.96. The molecule has 3 aromatic rings. The number of hydrogen-bond donors (Lipinski definition) is 1. The van der Waals surface area contributed by atoms with E-state index in [1.54, 1.807) is 0 Å². The highest BCUT2D eigenvalue weighted by atomic mass is 35.5. The first kappa shape index (κ1) is 21.9. The van der Waals surface area contributed by atoms with Crippen molar-refractivity contribution in [2.45, 2.75) is 57.7 Å². The Morgan fingerprint density at radius 1 is 0.968 bits per heavy atom. The number of nitrogens with one attached hydrogen (secondary N) is 1. The van der Waals surface area contributed by atoms with Gasteiger partial charge in [-0.3, -0.25) is 4.79 Å². The van der Waals surface area contributed by atoms with Crippen molar-refractivity contribution in [3.8, 4) is 11.3 Å². The topological polar surface area (TPSA) is 37.3 Å². The number of nitrogens with zero attached hydrogens (tertiary/aromatic N) is 2. The molecule has 4 nitrogen and oxygen atoms in total. The number of rotatable bonds is 3. The van der Waals surface area contributed by atoms with Crippen LogP contribution in [0.4, 0.5) is 0 Å². The molecule has 2 saturated heterocycles. The lowest BCUT2D eigenvalue weighted by Crippen LogP contribution is -2.48. The Hall–Kier alpha value is -2.30. The molecule has 2 fully saturated rings. The monoisotopic (exact) mass is 437 g/mol. The summed E-state index contributed by atoms with van der Waals surface area (Å²) in [5, 5.41) is 4.53. The highest BCUT2D eigenvalue weighted by Gasteiger charge is 2.39. The molecule has 2 aromatic carbocycles. The molecule has 0 saturated carbocycles. The molecule has 2 aliphatic rings. The van der Waals surface area contributed by atoms with Crippen LogP contribution in [0.5, 0.6) is 0 Å². The molecule has 5 heteroatoms. The Bertz CT molecular complexity index is 1110. The molecule has 2 aliphatic heterocycles. The quantitative estimate of drug-likeness (QED) is 0.608. The Morgan fingerprint density at radius 3 is 2.26 bits per heavy atom. The smallest absolute Gasteiger partial charge is 0.254 e. The number of aryl methyl sites for hydroxylation is 3. The number of aromatic nitrogens is 1. The Kier molecular flexibility index (Phi) is 5.89. The summed E-state index contributed by atoms with van der Waals surface area (Å²) in [4.78, 5) is 16.3. The standard InChI is InChI=1S/C26H31N3O.ClH/c1-16-10-13-22-23(17(16)2)24(25(29(22)4)18-8-6-5-7-9-18)26(30)27-19-14-20-11-12-21(15-19)28(20)3;/h5-10,13,19-21H,11-12,14-15H2,1-4H3,(H,27,30);1H/t19?,20-,21+;. The summed E-state index contributed by atoms with van der Waals surface area (Å²) in [6, 6.07) is 16.1. The number of fused-ring (bicyclic) bond motifs is 3. The summed E-state index contributed by atoms with van der Waals surface area (Å²) < 4.78 is 2.18. The van der Waals surface area contributed by atoms with E-state index in [0.29, 0.717) is 12.1 Å². The van der Waals surface area contributed by atoms with Crippen LogP contribution in [0.15, 0.2) is 42.5 Å². The lowest BCUT2D eigenvalue weighted by Gasteiger charge is -2.36. The van der Waals surface area contributed by atoms with Gasteiger partial charge in [0.05, 0.1) is 11.3 Å². The van der Waals surface area contributed by atoms with Crippen molar-refractivity contribution in [3.63, 3.8) is 0 Å². The molecule has 3 heterocycles. The van der Waals surface area contributed by atoms with Crippen molar-refractivity contribution in [1.82, 2.24) is 14.8 Å². The van der Waals surface area contributed by atoms with E-state index < -0.39 is 0 Å². The van der Waals surface area contributed by atoms with Gasteiger partial charge in [0, 0.05) is 36.1 Å². The first-order valence-corrected chi connectivity index (χ1v) is 11.1. The number of hydrogen-bond acceptors (Lipinski definition) is 2. The summed E-state index contributed by atoms with van der Waals surface area (Å²) in [7, 11) is 4.32. The number of benzene rings is 2. The van der Waals surface area contributed by atoms with Crippen LogP contribution in [0.25, 0.3) is 22.2 Å². The third kappa shape index (κ3) is 3.56. The summed E-state index contributed by atoms with van der Waals surface area (Å²) >= 11 is 0. The van der Waals surface area contributed by atoms with Crippen molar-refractivity contribution in [2.75, 3.05) is 7.05 Å². The molecule has 164 valence electrons. The van der Waals surface area contributed by atoms with Crippen molar-refractivity contribution in [1.29, 1.82) is 0 Å². The fraction of sp³-hybridized carbons (Fsp3) is 0.423. The van der Waals surface area contributed by atoms with Crippen LogP contribution in [-0.2, 0) is 7.05 Å². The van der Waals surface area contributed by atoms with E-state index in [1.807, 2.05) is 18.2 Å². The minimum Gasteiger partial charge on any atom is -0.349 e. The molecule has 0 radical (unpaired) electrons. The van der Waals surface area contributed by atoms with Gasteiger partial charge in [-0.25, -0.2) is 0 Å². The van der Waals surface area contributed by atoms with E-state index in [4.69, 9.17) is 0 Å². The number of amides is 1. The first-order valence-electron chi connectivity index (χ1n) is 11.1. The number of halogens is 1. The third-order valence-electron chi connectivity index (χ3n) is 7.61. The molecule has 3 atom stereocenters. The van der Waals surface area contributed by atoms with E-state index in [0.717, 1.165) is 40.6 Å². The molecular formula is C26H32ClN3O. The predicted octanol–water partition coefficient (Wildman–Crippen LogP) is 5.24. The summed E-state index contributed by atoms with van der Waals surface area (Å²) in [5.74, 6) is 0.0714. The van der Waals surface area contributed by atoms with Crippen LogP contribution in [-0.4, -0.2) is 40.5 Å². The van der Waals surface area contributed by atoms with Crippen LogP contribution in [0.3, 0.4) is 0 Å². The van der Waals surface area contributed by atoms with Gasteiger partial charge in [0.15, 0.2) is 0 Å². The molecule has 0 spiro atoms. The maximum absolute atomic E-state index is 13.8. The van der Waals surface area contributed by atoms with Crippen molar-refractivity contribution in [2.24, 2.45) is 7.05 Å². The van der Waals surface area contributed by atoms with Gasteiger partial charge in [0.25, 0.3) is 5.91 Å². The molecule has 1 unspecified atom stereocenters. The summed E-state index contributed by atoms with van der Waals surface area (Å²) in [5.41, 5.74) is 6.45. The average molecular weight is 438 g/mol. The van der Waals surface area contributed by atoms with E-state index >= 15 is 0 Å². The second kappa shape index (κ2) is 8.33. The highest BCUT2D eigenvalue weighted by Crippen LogP contribution is 2.37. The van der Waals surface area contributed by atoms with Crippen LogP contribution in [0.2, 0.25) is 0 Å². The Labute approximate surface area is 191 Å². The van der Waals surface area contributed by atoms with Gasteiger partial charge in [-0.2, -0.15) is 0 Å². The largest absolute Gasteiger partial charge is 0.349 e. The maximum atomic E-state index is 13.8. The van der Waals surface area contributed by atoms with Crippen molar-refractivity contribution < 1.29 is 4.79 Å². The number of carbonyl (C=O) groups excluding carboxylic acids is 1. The minimum atomic E-state index is 0. The van der Waals surface area contributed by atoms with E-state index in [-0.39, 0.29) is 24.4 Å². The van der Waals surface area contributed by atoms with Gasteiger partial charge in [-0.15, -0.1) is 12.4 Å². The van der Waals surface area contributed by atoms with Crippen LogP contribution < -0.4 is 5.32 Å². The molecule has 0 aliphatic carbocycles. The van der Waals surface area contributed by atoms with Crippen molar-refractivity contribution >= 4 is 29.2 Å². The number of carbonyl (C=O) groups is 1. The minimum absolute atomic E-state index is 0. The van der Waals surface area contributed by atoms with Gasteiger partial charge in [-0.05, 0) is 69.3 Å². The van der Waals surface area contributed by atoms with Gasteiger partial charge >= 0.3 is 0 Å². The average Bonchev–Trinajstić information content (AvgIpc) is 3.13. The fourth-order valence-corrected chi connectivity index (χ4v) is 5.75. The Morgan fingerprint density at radius 2 is 1.61 bits per heavy atom. The van der Waals surface area contributed by atoms with Crippen LogP contribution in [0.1, 0.15) is 47.2 Å². The molecule has 1 aromatic heterocycles. The number of piperidine rings is 1. The molecular weight excluding hydrogens is 406 g/mol.